The SMILES string of the molecule is C1COCCOCCOCCOCCOCCO1.O.O=S(=O)([O-])C(F)(F)F.O[I+]c1ccccc1. The smallest absolute Gasteiger partial charge is 0.519 e. The van der Waals surface area contributed by atoms with Crippen molar-refractivity contribution >= 4 is 10.1 Å². The fraction of sp³-hybridized carbons (Fsp3) is 0.684. The average Bonchev–Trinajstić information content (AvgIpc) is 2.79. The van der Waals surface area contributed by atoms with Crippen LogP contribution in [-0.2, 0) is 38.5 Å². The van der Waals surface area contributed by atoms with E-state index in [1.807, 2.05) is 30.3 Å². The molecule has 1 aliphatic heterocycles. The molecule has 0 bridgehead atoms. The summed E-state index contributed by atoms with van der Waals surface area (Å²) >= 11 is -0.691. The minimum absolute atomic E-state index is 0. The molecule has 1 saturated heterocycles. The molecular weight excluding hydrogens is 620 g/mol. The van der Waals surface area contributed by atoms with Crippen LogP contribution >= 0.6 is 0 Å². The van der Waals surface area contributed by atoms with Crippen molar-refractivity contribution in [3.8, 4) is 0 Å². The lowest BCUT2D eigenvalue weighted by atomic mass is 10.4. The molecule has 1 aliphatic rings. The molecule has 0 radical (unpaired) electrons. The van der Waals surface area contributed by atoms with E-state index in [4.69, 9.17) is 44.8 Å². The van der Waals surface area contributed by atoms with Gasteiger partial charge in [0.2, 0.25) is 3.57 Å². The second-order valence-corrected chi connectivity index (χ2v) is 9.05. The Labute approximate surface area is 213 Å². The van der Waals surface area contributed by atoms with Gasteiger partial charge in [0.25, 0.3) is 0 Å². The topological polar surface area (TPSA) is 164 Å². The van der Waals surface area contributed by atoms with Crippen LogP contribution in [0.4, 0.5) is 13.2 Å². The van der Waals surface area contributed by atoms with Gasteiger partial charge in [-0.1, -0.05) is 18.2 Å². The summed E-state index contributed by atoms with van der Waals surface area (Å²) in [6.07, 6.45) is 0. The van der Waals surface area contributed by atoms with E-state index in [1.54, 1.807) is 0 Å². The molecule has 0 aromatic heterocycles. The molecule has 208 valence electrons. The molecule has 0 amide bonds. The van der Waals surface area contributed by atoms with Crippen LogP contribution < -0.4 is 21.6 Å². The Morgan fingerprint density at radius 2 is 0.914 bits per heavy atom. The average molecular weight is 652 g/mol. The van der Waals surface area contributed by atoms with Crippen molar-refractivity contribution in [3.05, 3.63) is 33.9 Å². The Hall–Kier alpha value is -0.670. The second kappa shape index (κ2) is 23.7. The minimum Gasteiger partial charge on any atom is -0.741 e. The zero-order valence-electron chi connectivity index (χ0n) is 18.9. The Morgan fingerprint density at radius 3 is 1.06 bits per heavy atom. The molecule has 1 fully saturated rings. The first-order valence-electron chi connectivity index (χ1n) is 10.0. The third-order valence-electron chi connectivity index (χ3n) is 3.35. The van der Waals surface area contributed by atoms with Crippen molar-refractivity contribution in [3.63, 3.8) is 0 Å². The summed E-state index contributed by atoms with van der Waals surface area (Å²) in [5.74, 6) is 0. The maximum absolute atomic E-state index is 10.7. The summed E-state index contributed by atoms with van der Waals surface area (Å²) in [7, 11) is -6.09. The van der Waals surface area contributed by atoms with E-state index in [-0.39, 0.29) is 5.48 Å². The standard InChI is InChI=1S/C12H24O6.C6H6IO.CHF3O3S.H2O/c1-2-14-5-6-16-9-10-18-12-11-17-8-7-15-4-3-13-1;8-7-6-4-2-1-3-5-6;2-1(3,4)8(5,6)7;/h1-12H2;1-5,8H;(H,5,6,7);1H2/q;+1;;/p-1. The summed E-state index contributed by atoms with van der Waals surface area (Å²) in [5, 5.41) is 0. The van der Waals surface area contributed by atoms with Crippen molar-refractivity contribution < 1.29 is 85.1 Å². The first-order chi connectivity index (χ1) is 16.2. The van der Waals surface area contributed by atoms with Gasteiger partial charge in [-0.15, -0.1) is 0 Å². The number of rotatable bonds is 1. The van der Waals surface area contributed by atoms with Gasteiger partial charge in [0, 0.05) is 0 Å². The van der Waals surface area contributed by atoms with Crippen LogP contribution in [0.15, 0.2) is 30.3 Å². The number of ether oxygens (including phenoxy) is 6. The predicted molar refractivity (Wildman–Crippen MR) is 112 cm³/mol. The Balaban J connectivity index is 0. The van der Waals surface area contributed by atoms with Crippen molar-refractivity contribution in [2.24, 2.45) is 0 Å². The van der Waals surface area contributed by atoms with Gasteiger partial charge in [0.1, 0.15) is 0 Å². The zero-order valence-corrected chi connectivity index (χ0v) is 21.9. The highest BCUT2D eigenvalue weighted by molar-refractivity contribution is 7.86. The summed E-state index contributed by atoms with van der Waals surface area (Å²) in [6.45, 7) is 7.04. The van der Waals surface area contributed by atoms with Crippen molar-refractivity contribution in [1.29, 1.82) is 0 Å². The lowest BCUT2D eigenvalue weighted by Crippen LogP contribution is -3.61. The largest absolute Gasteiger partial charge is 0.741 e. The van der Waals surface area contributed by atoms with E-state index < -0.39 is 37.2 Å². The molecule has 35 heavy (non-hydrogen) atoms. The van der Waals surface area contributed by atoms with E-state index in [9.17, 15) is 13.2 Å². The van der Waals surface area contributed by atoms with Gasteiger partial charge in [0.15, 0.2) is 10.1 Å². The summed E-state index contributed by atoms with van der Waals surface area (Å²) in [4.78, 5) is 0. The van der Waals surface area contributed by atoms with Gasteiger partial charge >= 0.3 is 27.1 Å². The van der Waals surface area contributed by atoms with Crippen LogP contribution in [0.3, 0.4) is 0 Å². The Morgan fingerprint density at radius 1 is 0.686 bits per heavy atom. The van der Waals surface area contributed by atoms with Gasteiger partial charge in [0.05, 0.1) is 79.3 Å². The van der Waals surface area contributed by atoms with Crippen LogP contribution in [-0.4, -0.2) is 107 Å². The third-order valence-corrected chi connectivity index (χ3v) is 5.19. The highest BCUT2D eigenvalue weighted by Crippen LogP contribution is 2.20. The molecule has 1 heterocycles. The van der Waals surface area contributed by atoms with Gasteiger partial charge in [-0.05, 0) is 12.1 Å². The molecule has 0 saturated carbocycles. The molecule has 0 spiro atoms. The number of hydrogen-bond acceptors (Lipinski definition) is 10. The number of halogens is 4. The maximum Gasteiger partial charge on any atom is 0.519 e. The molecule has 3 N–H and O–H groups in total. The second-order valence-electron chi connectivity index (χ2n) is 5.95. The fourth-order valence-corrected chi connectivity index (χ4v) is 2.53. The number of hydrogen-bond donors (Lipinski definition) is 1. The summed E-state index contributed by atoms with van der Waals surface area (Å²) in [6, 6.07) is 9.69. The van der Waals surface area contributed by atoms with Gasteiger partial charge in [-0.25, -0.2) is 8.42 Å². The molecule has 0 atom stereocenters. The highest BCUT2D eigenvalue weighted by atomic mass is 127. The molecule has 16 heteroatoms. The molecule has 1 aromatic carbocycles. The lowest BCUT2D eigenvalue weighted by Gasteiger charge is -2.09. The van der Waals surface area contributed by atoms with Crippen LogP contribution in [0.5, 0.6) is 0 Å². The van der Waals surface area contributed by atoms with Gasteiger partial charge in [-0.2, -0.15) is 16.6 Å². The van der Waals surface area contributed by atoms with Crippen molar-refractivity contribution in [2.45, 2.75) is 5.51 Å². The maximum atomic E-state index is 10.7. The number of alkyl halides is 3. The van der Waals surface area contributed by atoms with E-state index >= 15 is 0 Å². The monoisotopic (exact) mass is 652 g/mol. The molecule has 0 aliphatic carbocycles. The van der Waals surface area contributed by atoms with E-state index in [1.165, 1.54) is 0 Å². The quantitative estimate of drug-likeness (QED) is 0.190. The summed E-state index contributed by atoms with van der Waals surface area (Å²) < 4.78 is 101. The summed E-state index contributed by atoms with van der Waals surface area (Å²) in [5.41, 5.74) is -5.65. The van der Waals surface area contributed by atoms with Crippen LogP contribution in [0.2, 0.25) is 0 Å². The normalized spacial score (nSPS) is 17.6. The molecule has 11 nitrogen and oxygen atoms in total. The van der Waals surface area contributed by atoms with Gasteiger partial charge in [-0.3, -0.25) is 0 Å². The molecular formula is C19H32F3IO11S. The van der Waals surface area contributed by atoms with Crippen LogP contribution in [0.1, 0.15) is 0 Å². The number of benzene rings is 1. The van der Waals surface area contributed by atoms with Crippen molar-refractivity contribution in [2.75, 3.05) is 79.3 Å². The first kappa shape index (κ1) is 36.5. The predicted octanol–water partition coefficient (Wildman–Crippen LogP) is -2.82. The van der Waals surface area contributed by atoms with Crippen molar-refractivity contribution in [1.82, 2.24) is 0 Å². The molecule has 1 aromatic rings. The van der Waals surface area contributed by atoms with Crippen LogP contribution in [0, 0.1) is 3.57 Å². The van der Waals surface area contributed by atoms with Crippen LogP contribution in [0.25, 0.3) is 0 Å². The molecule has 0 unspecified atom stereocenters. The fourth-order valence-electron chi connectivity index (χ4n) is 1.79. The van der Waals surface area contributed by atoms with E-state index in [0.717, 1.165) is 3.57 Å². The minimum atomic E-state index is -6.09. The molecule has 2 rings (SSSR count). The Kier molecular flexibility index (Phi) is 24.7. The zero-order chi connectivity index (χ0) is 25.5. The highest BCUT2D eigenvalue weighted by Gasteiger charge is 2.36. The van der Waals surface area contributed by atoms with Gasteiger partial charge < -0.3 is 38.5 Å². The van der Waals surface area contributed by atoms with E-state index in [2.05, 4.69) is 0 Å². The Bertz CT molecular complexity index is 607. The van der Waals surface area contributed by atoms with E-state index in [0.29, 0.717) is 79.3 Å². The lowest BCUT2D eigenvalue weighted by molar-refractivity contribution is -0.866. The third kappa shape index (κ3) is 24.8. The first-order valence-corrected chi connectivity index (χ1v) is 13.5.